The second-order valence-electron chi connectivity index (χ2n) is 8.05. The average molecular weight is 430 g/mol. The van der Waals surface area contributed by atoms with Crippen LogP contribution in [0.5, 0.6) is 0 Å². The number of fused-ring (bicyclic) bond motifs is 2. The van der Waals surface area contributed by atoms with Crippen LogP contribution in [0.1, 0.15) is 34.9 Å². The number of nitrogens with zero attached hydrogens (tertiary/aromatic N) is 4. The predicted octanol–water partition coefficient (Wildman–Crippen LogP) is 3.54. The van der Waals surface area contributed by atoms with Gasteiger partial charge >= 0.3 is 0 Å². The van der Waals surface area contributed by atoms with E-state index >= 15 is 0 Å². The fourth-order valence-corrected chi connectivity index (χ4v) is 4.51. The molecular formula is C25H27N5O2. The number of nitrogens with one attached hydrogen (secondary N) is 1. The van der Waals surface area contributed by atoms with Crippen molar-refractivity contribution in [3.63, 3.8) is 0 Å². The smallest absolute Gasteiger partial charge is 0.251 e. The van der Waals surface area contributed by atoms with Gasteiger partial charge in [-0.15, -0.1) is 0 Å². The number of imidazole rings is 1. The molecule has 0 radical (unpaired) electrons. The van der Waals surface area contributed by atoms with Crippen LogP contribution in [0.15, 0.2) is 54.6 Å². The number of rotatable bonds is 5. The molecule has 3 heterocycles. The Labute approximate surface area is 187 Å². The van der Waals surface area contributed by atoms with E-state index in [2.05, 4.69) is 39.9 Å². The maximum atomic E-state index is 12.5. The van der Waals surface area contributed by atoms with Crippen molar-refractivity contribution in [2.24, 2.45) is 0 Å². The molecule has 1 fully saturated rings. The van der Waals surface area contributed by atoms with Gasteiger partial charge in [0.2, 0.25) is 0 Å². The third-order valence-corrected chi connectivity index (χ3v) is 6.10. The van der Waals surface area contributed by atoms with Crippen LogP contribution in [-0.4, -0.2) is 52.1 Å². The average Bonchev–Trinajstić information content (AvgIpc) is 3.19. The predicted molar refractivity (Wildman–Crippen MR) is 125 cm³/mol. The van der Waals surface area contributed by atoms with Crippen LogP contribution in [0, 0.1) is 0 Å². The van der Waals surface area contributed by atoms with Gasteiger partial charge in [-0.25, -0.2) is 9.97 Å². The van der Waals surface area contributed by atoms with Gasteiger partial charge in [0.25, 0.3) is 5.91 Å². The summed E-state index contributed by atoms with van der Waals surface area (Å²) in [6, 6.07) is 17.9. The van der Waals surface area contributed by atoms with E-state index in [0.717, 1.165) is 47.6 Å². The van der Waals surface area contributed by atoms with Gasteiger partial charge in [0.1, 0.15) is 11.9 Å². The van der Waals surface area contributed by atoms with Gasteiger partial charge in [-0.05, 0) is 31.2 Å². The molecule has 164 valence electrons. The Hall–Kier alpha value is -3.29. The molecule has 32 heavy (non-hydrogen) atoms. The highest BCUT2D eigenvalue weighted by atomic mass is 16.5. The second kappa shape index (κ2) is 8.68. The molecule has 0 bridgehead atoms. The van der Waals surface area contributed by atoms with E-state index in [1.165, 1.54) is 5.52 Å². The Morgan fingerprint density at radius 1 is 1.12 bits per heavy atom. The normalized spacial score (nSPS) is 17.1. The molecule has 2 aromatic carbocycles. The van der Waals surface area contributed by atoms with Gasteiger partial charge in [0.15, 0.2) is 0 Å². The van der Waals surface area contributed by atoms with Crippen LogP contribution in [-0.2, 0) is 17.8 Å². The lowest BCUT2D eigenvalue weighted by atomic mass is 10.0. The van der Waals surface area contributed by atoms with Crippen molar-refractivity contribution in [3.8, 4) is 0 Å². The summed E-state index contributed by atoms with van der Waals surface area (Å²) in [5.74, 6) is 0.945. The van der Waals surface area contributed by atoms with Crippen molar-refractivity contribution in [3.05, 3.63) is 71.7 Å². The minimum absolute atomic E-state index is 0.117. The number of pyridine rings is 1. The first-order valence-corrected chi connectivity index (χ1v) is 11.1. The molecule has 1 saturated heterocycles. The van der Waals surface area contributed by atoms with E-state index in [1.54, 1.807) is 7.05 Å². The summed E-state index contributed by atoms with van der Waals surface area (Å²) in [5, 5.41) is 3.59. The number of hydrogen-bond acceptors (Lipinski definition) is 5. The fraction of sp³-hybridized carbons (Fsp3) is 0.320. The Morgan fingerprint density at radius 3 is 2.72 bits per heavy atom. The number of carbonyl (C=O) groups is 1. The van der Waals surface area contributed by atoms with Gasteiger partial charge in [-0.1, -0.05) is 30.3 Å². The molecular weight excluding hydrogens is 402 g/mol. The van der Waals surface area contributed by atoms with Crippen LogP contribution >= 0.6 is 0 Å². The highest BCUT2D eigenvalue weighted by Gasteiger charge is 2.26. The lowest BCUT2D eigenvalue weighted by Gasteiger charge is -2.32. The van der Waals surface area contributed by atoms with Crippen LogP contribution < -0.4 is 5.32 Å². The van der Waals surface area contributed by atoms with E-state index in [1.807, 2.05) is 36.4 Å². The van der Waals surface area contributed by atoms with Crippen LogP contribution in [0.4, 0.5) is 0 Å². The van der Waals surface area contributed by atoms with Gasteiger partial charge in [-0.2, -0.15) is 0 Å². The third-order valence-electron chi connectivity index (χ3n) is 6.10. The number of benzene rings is 2. The monoisotopic (exact) mass is 429 g/mol. The summed E-state index contributed by atoms with van der Waals surface area (Å²) in [7, 11) is 1.65. The topological polar surface area (TPSA) is 72.3 Å². The number of amides is 1. The second-order valence-corrected chi connectivity index (χ2v) is 8.05. The van der Waals surface area contributed by atoms with Crippen molar-refractivity contribution in [1.29, 1.82) is 0 Å². The van der Waals surface area contributed by atoms with E-state index in [0.29, 0.717) is 18.7 Å². The molecule has 0 aliphatic carbocycles. The summed E-state index contributed by atoms with van der Waals surface area (Å²) in [6.07, 6.45) is -0.198. The van der Waals surface area contributed by atoms with Gasteiger partial charge in [0.05, 0.1) is 41.0 Å². The summed E-state index contributed by atoms with van der Waals surface area (Å²) < 4.78 is 8.38. The maximum Gasteiger partial charge on any atom is 0.251 e. The highest BCUT2D eigenvalue weighted by Crippen LogP contribution is 2.27. The molecule has 7 heteroatoms. The van der Waals surface area contributed by atoms with E-state index in [4.69, 9.17) is 14.7 Å². The van der Waals surface area contributed by atoms with Gasteiger partial charge in [-0.3, -0.25) is 9.69 Å². The maximum absolute atomic E-state index is 12.5. The Kier molecular flexibility index (Phi) is 5.59. The van der Waals surface area contributed by atoms with E-state index in [-0.39, 0.29) is 12.0 Å². The first kappa shape index (κ1) is 20.6. The first-order chi connectivity index (χ1) is 15.7. The number of ether oxygens (including phenoxy) is 1. The Morgan fingerprint density at radius 2 is 1.91 bits per heavy atom. The van der Waals surface area contributed by atoms with Crippen LogP contribution in [0.2, 0.25) is 0 Å². The number of carbonyl (C=O) groups excluding carboxylic acids is 1. The number of para-hydroxylation sites is 3. The van der Waals surface area contributed by atoms with Crippen LogP contribution in [0.3, 0.4) is 0 Å². The molecule has 5 rings (SSSR count). The van der Waals surface area contributed by atoms with E-state index < -0.39 is 0 Å². The summed E-state index contributed by atoms with van der Waals surface area (Å²) in [4.78, 5) is 24.6. The quantitative estimate of drug-likeness (QED) is 0.525. The standard InChI is InChI=1S/C25H27N5O2/c1-3-30-22-11-7-6-10-20(22)28-24(30)16-29-12-13-32-23(15-29)21-14-18(25(31)26-2)17-8-4-5-9-19(17)27-21/h4-11,14,23H,3,12-13,15-16H2,1-2H3,(H,26,31). The van der Waals surface area contributed by atoms with Gasteiger partial charge in [0, 0.05) is 32.1 Å². The van der Waals surface area contributed by atoms with Crippen molar-refractivity contribution < 1.29 is 9.53 Å². The molecule has 1 N–H and O–H groups in total. The fourth-order valence-electron chi connectivity index (χ4n) is 4.51. The molecule has 0 saturated carbocycles. The Balaban J connectivity index is 1.43. The van der Waals surface area contributed by atoms with Crippen LogP contribution in [0.25, 0.3) is 21.9 Å². The minimum atomic E-state index is -0.198. The zero-order valence-electron chi connectivity index (χ0n) is 18.4. The van der Waals surface area contributed by atoms with Crippen molar-refractivity contribution in [2.75, 3.05) is 26.7 Å². The summed E-state index contributed by atoms with van der Waals surface area (Å²) in [5.41, 5.74) is 4.41. The number of aryl methyl sites for hydroxylation is 1. The third kappa shape index (κ3) is 3.74. The van der Waals surface area contributed by atoms with Crippen molar-refractivity contribution in [2.45, 2.75) is 26.1 Å². The molecule has 2 aromatic heterocycles. The number of hydrogen-bond donors (Lipinski definition) is 1. The molecule has 1 aliphatic rings. The molecule has 1 aliphatic heterocycles. The lowest BCUT2D eigenvalue weighted by molar-refractivity contribution is -0.0358. The lowest BCUT2D eigenvalue weighted by Crippen LogP contribution is -2.38. The van der Waals surface area contributed by atoms with Crippen molar-refractivity contribution in [1.82, 2.24) is 24.8 Å². The zero-order chi connectivity index (χ0) is 22.1. The first-order valence-electron chi connectivity index (χ1n) is 11.1. The SMILES string of the molecule is CCn1c(CN2CCOC(c3cc(C(=O)NC)c4ccccc4n3)C2)nc2ccccc21. The number of aromatic nitrogens is 3. The minimum Gasteiger partial charge on any atom is -0.369 e. The molecule has 1 atom stereocenters. The number of morpholine rings is 1. The largest absolute Gasteiger partial charge is 0.369 e. The zero-order valence-corrected chi connectivity index (χ0v) is 18.4. The molecule has 1 amide bonds. The summed E-state index contributed by atoms with van der Waals surface area (Å²) >= 11 is 0. The van der Waals surface area contributed by atoms with Gasteiger partial charge < -0.3 is 14.6 Å². The Bertz CT molecular complexity index is 1280. The summed E-state index contributed by atoms with van der Waals surface area (Å²) in [6.45, 7) is 5.92. The highest BCUT2D eigenvalue weighted by molar-refractivity contribution is 6.06. The molecule has 7 nitrogen and oxygen atoms in total. The molecule has 1 unspecified atom stereocenters. The molecule has 0 spiro atoms. The van der Waals surface area contributed by atoms with Crippen molar-refractivity contribution >= 4 is 27.8 Å². The molecule has 4 aromatic rings. The van der Waals surface area contributed by atoms with E-state index in [9.17, 15) is 4.79 Å².